The third-order valence-electron chi connectivity index (χ3n) is 7.52. The highest BCUT2D eigenvalue weighted by Crippen LogP contribution is 2.30. The van der Waals surface area contributed by atoms with E-state index >= 15 is 0 Å². The Morgan fingerprint density at radius 3 is 1.32 bits per heavy atom. The number of unbranched alkanes of at least 4 members (excludes halogenated alkanes) is 10. The van der Waals surface area contributed by atoms with Crippen molar-refractivity contribution in [1.29, 1.82) is 0 Å². The maximum absolute atomic E-state index is 12.6. The second kappa shape index (κ2) is 25.5. The van der Waals surface area contributed by atoms with Gasteiger partial charge in [0, 0.05) is 0 Å². The predicted molar refractivity (Wildman–Crippen MR) is 190 cm³/mol. The van der Waals surface area contributed by atoms with Gasteiger partial charge in [0.05, 0.1) is 19.6 Å². The second-order valence-corrected chi connectivity index (χ2v) is 11.8. The first-order valence-electron chi connectivity index (χ1n) is 17.8. The Morgan fingerprint density at radius 2 is 0.915 bits per heavy atom. The van der Waals surface area contributed by atoms with Gasteiger partial charge in [-0.05, 0) is 60.4 Å². The average molecular weight is 653 g/mol. The highest BCUT2D eigenvalue weighted by molar-refractivity contribution is 6.10. The molecule has 2 aromatic carbocycles. The van der Waals surface area contributed by atoms with Gasteiger partial charge in [0.25, 0.3) is 0 Å². The Morgan fingerprint density at radius 1 is 0.532 bits per heavy atom. The quantitative estimate of drug-likeness (QED) is 0.0601. The molecule has 0 aliphatic rings. The summed E-state index contributed by atoms with van der Waals surface area (Å²) in [6, 6.07) is 11.2. The molecule has 8 nitrogen and oxygen atoms in total. The van der Waals surface area contributed by atoms with Gasteiger partial charge in [-0.3, -0.25) is 9.59 Å². The molecule has 0 atom stereocenters. The minimum Gasteiger partial charge on any atom is -0.490 e. The molecule has 0 radical (unpaired) electrons. The third-order valence-corrected chi connectivity index (χ3v) is 7.52. The van der Waals surface area contributed by atoms with Gasteiger partial charge in [0.1, 0.15) is 26.3 Å². The number of rotatable bonds is 28. The first-order valence-corrected chi connectivity index (χ1v) is 17.8. The zero-order chi connectivity index (χ0) is 34.0. The largest absolute Gasteiger partial charge is 0.490 e. The minimum atomic E-state index is -0.272. The number of carbonyl (C=O) groups is 2. The van der Waals surface area contributed by atoms with Crippen LogP contribution in [0.4, 0.5) is 0 Å². The van der Waals surface area contributed by atoms with Crippen LogP contribution in [0.15, 0.2) is 48.6 Å². The zero-order valence-corrected chi connectivity index (χ0v) is 29.1. The lowest BCUT2D eigenvalue weighted by Gasteiger charge is -2.13. The topological polar surface area (TPSA) is 126 Å². The number of hydrogen-bond donors (Lipinski definition) is 2. The first kappa shape index (κ1) is 39.6. The van der Waals surface area contributed by atoms with Crippen LogP contribution in [0.3, 0.4) is 0 Å². The summed E-state index contributed by atoms with van der Waals surface area (Å²) in [7, 11) is 0. The molecule has 0 saturated carbocycles. The Labute approximate surface area is 282 Å². The van der Waals surface area contributed by atoms with Gasteiger partial charge in [-0.25, -0.2) is 0 Å². The first-order chi connectivity index (χ1) is 23.0. The van der Waals surface area contributed by atoms with Crippen LogP contribution in [-0.4, -0.2) is 51.1 Å². The summed E-state index contributed by atoms with van der Waals surface area (Å²) in [4.78, 5) is 25.3. The molecule has 0 amide bonds. The van der Waals surface area contributed by atoms with E-state index in [2.05, 4.69) is 25.3 Å². The summed E-state index contributed by atoms with van der Waals surface area (Å²) in [6.07, 6.45) is 20.3. The van der Waals surface area contributed by atoms with Crippen molar-refractivity contribution in [2.75, 3.05) is 39.5 Å². The fourth-order valence-electron chi connectivity index (χ4n) is 4.88. The molecule has 8 heteroatoms. The number of ketones is 2. The fourth-order valence-corrected chi connectivity index (χ4v) is 4.88. The molecule has 0 spiro atoms. The smallest absolute Gasteiger partial charge is 0.163 e. The van der Waals surface area contributed by atoms with E-state index in [1.807, 2.05) is 36.4 Å². The monoisotopic (exact) mass is 652 g/mol. The van der Waals surface area contributed by atoms with Gasteiger partial charge in [0.15, 0.2) is 34.6 Å². The molecule has 0 saturated heterocycles. The van der Waals surface area contributed by atoms with Crippen LogP contribution in [0.1, 0.15) is 108 Å². The summed E-state index contributed by atoms with van der Waals surface area (Å²) < 4.78 is 23.8. The molecule has 0 fully saturated rings. The molecule has 0 heterocycles. The van der Waals surface area contributed by atoms with E-state index in [0.29, 0.717) is 62.5 Å². The van der Waals surface area contributed by atoms with Crippen LogP contribution < -0.4 is 30.4 Å². The number of hydrogen-bond acceptors (Lipinski definition) is 6. The number of ether oxygens (including phenoxy) is 4. The summed E-state index contributed by atoms with van der Waals surface area (Å²) in [6.45, 7) is 7.95. The van der Waals surface area contributed by atoms with Crippen molar-refractivity contribution in [2.24, 2.45) is 0 Å². The SMILES string of the molecule is CCCCCCCCOc1cc(/C=C/C(=O)CC(=O)/C=C/c2ccc(OCC[NH3+])c(OCCCCCCCC)c2)ccc1OCC[NH3+]. The molecule has 0 unspecified atom stereocenters. The van der Waals surface area contributed by atoms with Crippen molar-refractivity contribution in [3.8, 4) is 23.0 Å². The van der Waals surface area contributed by atoms with Crippen molar-refractivity contribution >= 4 is 23.7 Å². The predicted octanol–water partition coefficient (Wildman–Crippen LogP) is 6.66. The maximum Gasteiger partial charge on any atom is 0.163 e. The van der Waals surface area contributed by atoms with E-state index < -0.39 is 0 Å². The third kappa shape index (κ3) is 17.8. The van der Waals surface area contributed by atoms with Gasteiger partial charge < -0.3 is 30.4 Å². The van der Waals surface area contributed by atoms with Crippen LogP contribution in [-0.2, 0) is 9.59 Å². The second-order valence-electron chi connectivity index (χ2n) is 11.8. The lowest BCUT2D eigenvalue weighted by atomic mass is 10.1. The lowest BCUT2D eigenvalue weighted by Crippen LogP contribution is -2.52. The normalized spacial score (nSPS) is 11.3. The Balaban J connectivity index is 1.94. The van der Waals surface area contributed by atoms with Crippen molar-refractivity contribution < 1.29 is 40.0 Å². The standard InChI is InChI=1S/C39H58N2O6/c1-3-5-7-9-11-13-25-44-38-29-32(17-21-36(38)46-27-23-40)15-19-34(42)31-35(43)20-16-33-18-22-37(47-28-24-41)39(30-33)45-26-14-12-10-8-6-4-2/h15-22,29-30H,3-14,23-28,31,40-41H2,1-2H3/p+2/b19-15+,20-16+. The molecular weight excluding hydrogens is 592 g/mol. The van der Waals surface area contributed by atoms with Gasteiger partial charge in [-0.1, -0.05) is 102 Å². The number of allylic oxidation sites excluding steroid dienone is 2. The van der Waals surface area contributed by atoms with Crippen LogP contribution in [0.5, 0.6) is 23.0 Å². The molecule has 0 aromatic heterocycles. The summed E-state index contributed by atoms with van der Waals surface area (Å²) in [5.41, 5.74) is 9.29. The van der Waals surface area contributed by atoms with Crippen LogP contribution >= 0.6 is 0 Å². The van der Waals surface area contributed by atoms with E-state index in [-0.39, 0.29) is 18.0 Å². The molecule has 47 heavy (non-hydrogen) atoms. The summed E-state index contributed by atoms with van der Waals surface area (Å²) in [5.74, 6) is 2.10. The molecule has 2 aromatic rings. The highest BCUT2D eigenvalue weighted by Gasteiger charge is 2.10. The molecule has 0 bridgehead atoms. The van der Waals surface area contributed by atoms with E-state index in [9.17, 15) is 9.59 Å². The van der Waals surface area contributed by atoms with Gasteiger partial charge in [-0.15, -0.1) is 0 Å². The van der Waals surface area contributed by atoms with Crippen LogP contribution in [0, 0.1) is 0 Å². The van der Waals surface area contributed by atoms with E-state index in [0.717, 1.165) is 36.8 Å². The number of quaternary nitrogens is 2. The van der Waals surface area contributed by atoms with Crippen LogP contribution in [0.2, 0.25) is 0 Å². The molecule has 2 rings (SSSR count). The van der Waals surface area contributed by atoms with E-state index in [1.165, 1.54) is 63.5 Å². The summed E-state index contributed by atoms with van der Waals surface area (Å²) in [5, 5.41) is 0. The lowest BCUT2D eigenvalue weighted by molar-refractivity contribution is -0.371. The zero-order valence-electron chi connectivity index (χ0n) is 29.1. The Kier molecular flexibility index (Phi) is 21.4. The van der Waals surface area contributed by atoms with E-state index in [4.69, 9.17) is 18.9 Å². The Hall–Kier alpha value is -3.62. The van der Waals surface area contributed by atoms with E-state index in [1.54, 1.807) is 12.2 Å². The summed E-state index contributed by atoms with van der Waals surface area (Å²) >= 11 is 0. The molecule has 0 aliphatic heterocycles. The van der Waals surface area contributed by atoms with Crippen molar-refractivity contribution in [3.05, 3.63) is 59.7 Å². The van der Waals surface area contributed by atoms with Gasteiger partial charge in [-0.2, -0.15) is 0 Å². The molecule has 260 valence electrons. The fraction of sp³-hybridized carbons (Fsp3) is 0.538. The van der Waals surface area contributed by atoms with Gasteiger partial charge in [0.2, 0.25) is 0 Å². The van der Waals surface area contributed by atoms with Gasteiger partial charge >= 0.3 is 0 Å². The van der Waals surface area contributed by atoms with Crippen molar-refractivity contribution in [1.82, 2.24) is 0 Å². The molecule has 6 N–H and O–H groups in total. The minimum absolute atomic E-state index is 0.217. The molecule has 0 aliphatic carbocycles. The van der Waals surface area contributed by atoms with Crippen molar-refractivity contribution in [3.63, 3.8) is 0 Å². The van der Waals surface area contributed by atoms with Crippen molar-refractivity contribution in [2.45, 2.75) is 97.3 Å². The maximum atomic E-state index is 12.6. The number of benzene rings is 2. The Bertz CT molecular complexity index is 1130. The number of carbonyl (C=O) groups excluding carboxylic acids is 2. The van der Waals surface area contributed by atoms with Crippen LogP contribution in [0.25, 0.3) is 12.2 Å². The highest BCUT2D eigenvalue weighted by atomic mass is 16.5. The molecular formula is C39H60N2O6+2. The average Bonchev–Trinajstić information content (AvgIpc) is 3.08.